The van der Waals surface area contributed by atoms with Crippen LogP contribution in [-0.4, -0.2) is 10.2 Å². The largest absolute Gasteiger partial charge is 0.508 e. The quantitative estimate of drug-likeness (QED) is 0.563. The normalized spacial score (nSPS) is 9.56. The average molecular weight is 260 g/mol. The van der Waals surface area contributed by atoms with E-state index in [0.717, 1.165) is 0 Å². The number of aromatic hydroxyl groups is 2. The fourth-order valence-corrected chi connectivity index (χ4v) is 0.989. The van der Waals surface area contributed by atoms with Crippen molar-refractivity contribution in [3.8, 4) is 11.5 Å². The van der Waals surface area contributed by atoms with E-state index >= 15 is 0 Å². The molecule has 2 aromatic rings. The van der Waals surface area contributed by atoms with Crippen LogP contribution in [0.15, 0.2) is 36.4 Å². The summed E-state index contributed by atoms with van der Waals surface area (Å²) in [5, 5.41) is 17.0. The molecule has 2 rings (SSSR count). The lowest BCUT2D eigenvalue weighted by Crippen LogP contribution is -1.92. The molecule has 0 fully saturated rings. The number of phenolic OH excluding ortho intramolecular Hbond substituents is 2. The van der Waals surface area contributed by atoms with E-state index in [1.807, 2.05) is 6.07 Å². The number of hydrogen-bond donors (Lipinski definition) is 2. The van der Waals surface area contributed by atoms with Gasteiger partial charge in [-0.25, -0.2) is 8.78 Å². The third-order valence-corrected chi connectivity index (χ3v) is 1.84. The van der Waals surface area contributed by atoms with Crippen LogP contribution in [0.4, 0.5) is 17.6 Å². The Labute approximate surface area is 99.7 Å². The average Bonchev–Trinajstić information content (AvgIpc) is 2.36. The van der Waals surface area contributed by atoms with Gasteiger partial charge >= 0.3 is 0 Å². The second kappa shape index (κ2) is 5.90. The molecule has 2 nitrogen and oxygen atoms in total. The van der Waals surface area contributed by atoms with Crippen molar-refractivity contribution in [2.24, 2.45) is 0 Å². The van der Waals surface area contributed by atoms with E-state index in [1.165, 1.54) is 0 Å². The molecule has 18 heavy (non-hydrogen) atoms. The number of para-hydroxylation sites is 1. The monoisotopic (exact) mass is 260 g/mol. The molecule has 0 aromatic heterocycles. The highest BCUT2D eigenvalue weighted by Gasteiger charge is 2.17. The first-order valence-electron chi connectivity index (χ1n) is 4.69. The summed E-state index contributed by atoms with van der Waals surface area (Å²) in [6.45, 7) is 0. The van der Waals surface area contributed by atoms with Crippen molar-refractivity contribution < 1.29 is 27.8 Å². The third kappa shape index (κ3) is 3.38. The zero-order chi connectivity index (χ0) is 13.7. The summed E-state index contributed by atoms with van der Waals surface area (Å²) in [7, 11) is 0. The zero-order valence-corrected chi connectivity index (χ0v) is 8.87. The van der Waals surface area contributed by atoms with Crippen molar-refractivity contribution in [3.05, 3.63) is 59.7 Å². The maximum Gasteiger partial charge on any atom is 0.203 e. The Bertz CT molecular complexity index is 503. The summed E-state index contributed by atoms with van der Waals surface area (Å²) in [5.41, 5.74) is 0. The van der Waals surface area contributed by atoms with Gasteiger partial charge in [-0.2, -0.15) is 8.78 Å². The minimum atomic E-state index is -1.79. The molecule has 0 aliphatic heterocycles. The van der Waals surface area contributed by atoms with Gasteiger partial charge in [0.15, 0.2) is 17.4 Å². The predicted molar refractivity (Wildman–Crippen MR) is 56.0 cm³/mol. The molecule has 2 N–H and O–H groups in total. The molecule has 0 heterocycles. The molecular formula is C12H8F4O2. The van der Waals surface area contributed by atoms with Crippen LogP contribution >= 0.6 is 0 Å². The molecule has 0 bridgehead atoms. The van der Waals surface area contributed by atoms with Crippen LogP contribution < -0.4 is 0 Å². The first-order valence-corrected chi connectivity index (χ1v) is 4.69. The molecule has 0 radical (unpaired) electrons. The van der Waals surface area contributed by atoms with Crippen LogP contribution in [0.5, 0.6) is 11.5 Å². The van der Waals surface area contributed by atoms with Crippen LogP contribution in [0.25, 0.3) is 0 Å². The van der Waals surface area contributed by atoms with Crippen molar-refractivity contribution in [1.82, 2.24) is 0 Å². The van der Waals surface area contributed by atoms with Gasteiger partial charge in [-0.3, -0.25) is 0 Å². The van der Waals surface area contributed by atoms with Gasteiger partial charge in [-0.1, -0.05) is 18.2 Å². The van der Waals surface area contributed by atoms with Gasteiger partial charge < -0.3 is 10.2 Å². The molecule has 0 amide bonds. The molecule has 0 unspecified atom stereocenters. The molecular weight excluding hydrogens is 252 g/mol. The highest BCUT2D eigenvalue weighted by atomic mass is 19.2. The predicted octanol–water partition coefficient (Wildman–Crippen LogP) is 3.34. The van der Waals surface area contributed by atoms with E-state index < -0.39 is 29.0 Å². The van der Waals surface area contributed by atoms with Crippen LogP contribution in [0.2, 0.25) is 0 Å². The second-order valence-electron chi connectivity index (χ2n) is 3.15. The van der Waals surface area contributed by atoms with Gasteiger partial charge in [0, 0.05) is 6.07 Å². The van der Waals surface area contributed by atoms with E-state index in [-0.39, 0.29) is 6.07 Å². The van der Waals surface area contributed by atoms with E-state index in [2.05, 4.69) is 0 Å². The molecule has 2 aromatic carbocycles. The summed E-state index contributed by atoms with van der Waals surface area (Å²) >= 11 is 0. The number of phenols is 2. The maximum absolute atomic E-state index is 12.1. The Balaban J connectivity index is 0.000000199. The molecule has 6 heteroatoms. The lowest BCUT2D eigenvalue weighted by atomic mass is 10.3. The second-order valence-corrected chi connectivity index (χ2v) is 3.15. The molecule has 0 aliphatic carbocycles. The van der Waals surface area contributed by atoms with E-state index in [0.29, 0.717) is 5.75 Å². The number of halogens is 4. The minimum absolute atomic E-state index is 0.0182. The topological polar surface area (TPSA) is 40.5 Å². The number of hydrogen-bond acceptors (Lipinski definition) is 2. The summed E-state index contributed by atoms with van der Waals surface area (Å²) in [5.74, 6) is -8.14. The Hall–Kier alpha value is -2.24. The van der Waals surface area contributed by atoms with E-state index in [9.17, 15) is 17.6 Å². The summed E-state index contributed by atoms with van der Waals surface area (Å²) in [6, 6.07) is 8.73. The third-order valence-electron chi connectivity index (χ3n) is 1.84. The summed E-state index contributed by atoms with van der Waals surface area (Å²) < 4.78 is 48.4. The van der Waals surface area contributed by atoms with Crippen LogP contribution in [0.1, 0.15) is 0 Å². The van der Waals surface area contributed by atoms with Crippen molar-refractivity contribution >= 4 is 0 Å². The molecule has 0 aliphatic rings. The SMILES string of the molecule is Oc1c(F)c(F)cc(F)c1F.Oc1ccccc1. The first kappa shape index (κ1) is 13.8. The standard InChI is InChI=1S/C6H2F4O.C6H6O/c7-2-1-3(8)5(10)6(11)4(2)9;7-6-4-2-1-3-5-6/h1,11H;1-5,7H. The van der Waals surface area contributed by atoms with Crippen molar-refractivity contribution in [2.45, 2.75) is 0 Å². The van der Waals surface area contributed by atoms with Gasteiger partial charge in [0.05, 0.1) is 0 Å². The maximum atomic E-state index is 12.1. The zero-order valence-electron chi connectivity index (χ0n) is 8.87. The van der Waals surface area contributed by atoms with Gasteiger partial charge in [-0.05, 0) is 12.1 Å². The van der Waals surface area contributed by atoms with Crippen molar-refractivity contribution in [2.75, 3.05) is 0 Å². The smallest absolute Gasteiger partial charge is 0.203 e. The highest BCUT2D eigenvalue weighted by molar-refractivity contribution is 5.26. The van der Waals surface area contributed by atoms with Gasteiger partial charge in [0.25, 0.3) is 0 Å². The van der Waals surface area contributed by atoms with Crippen LogP contribution in [0.3, 0.4) is 0 Å². The Morgan fingerprint density at radius 3 is 1.50 bits per heavy atom. The molecule has 0 spiro atoms. The molecule has 0 saturated heterocycles. The van der Waals surface area contributed by atoms with Gasteiger partial charge in [-0.15, -0.1) is 0 Å². The minimum Gasteiger partial charge on any atom is -0.508 e. The van der Waals surface area contributed by atoms with E-state index in [4.69, 9.17) is 10.2 Å². The van der Waals surface area contributed by atoms with E-state index in [1.54, 1.807) is 24.3 Å². The molecule has 0 saturated carbocycles. The molecule has 96 valence electrons. The van der Waals surface area contributed by atoms with Gasteiger partial charge in [0.2, 0.25) is 11.6 Å². The Kier molecular flexibility index (Phi) is 4.53. The van der Waals surface area contributed by atoms with Crippen molar-refractivity contribution in [1.29, 1.82) is 0 Å². The number of benzene rings is 2. The Morgan fingerprint density at radius 1 is 0.722 bits per heavy atom. The number of rotatable bonds is 0. The summed E-state index contributed by atoms with van der Waals surface area (Å²) in [4.78, 5) is 0. The van der Waals surface area contributed by atoms with Crippen LogP contribution in [-0.2, 0) is 0 Å². The summed E-state index contributed by atoms with van der Waals surface area (Å²) in [6.07, 6.45) is 0. The fraction of sp³-hybridized carbons (Fsp3) is 0. The van der Waals surface area contributed by atoms with Crippen LogP contribution in [0, 0.1) is 23.3 Å². The first-order chi connectivity index (χ1) is 8.43. The lowest BCUT2D eigenvalue weighted by Gasteiger charge is -1.98. The fourth-order valence-electron chi connectivity index (χ4n) is 0.989. The van der Waals surface area contributed by atoms with Crippen molar-refractivity contribution in [3.63, 3.8) is 0 Å². The molecule has 0 atom stereocenters. The van der Waals surface area contributed by atoms with Gasteiger partial charge in [0.1, 0.15) is 5.75 Å². The Morgan fingerprint density at radius 2 is 1.17 bits per heavy atom. The lowest BCUT2D eigenvalue weighted by molar-refractivity contribution is 0.356. The highest BCUT2D eigenvalue weighted by Crippen LogP contribution is 2.24.